The Morgan fingerprint density at radius 1 is 1.03 bits per heavy atom. The first-order valence-electron chi connectivity index (χ1n) is 10.1. The van der Waals surface area contributed by atoms with Crippen LogP contribution in [0.15, 0.2) is 73.1 Å². The molecule has 0 N–H and O–H groups in total. The molecule has 7 nitrogen and oxygen atoms in total. The number of hydrogen-bond donors (Lipinski definition) is 0. The number of rotatable bonds is 5. The lowest BCUT2D eigenvalue weighted by Gasteiger charge is -2.23. The summed E-state index contributed by atoms with van der Waals surface area (Å²) < 4.78 is 1.75. The zero-order chi connectivity index (χ0) is 22.1. The fourth-order valence-electron chi connectivity index (χ4n) is 3.89. The number of amides is 1. The van der Waals surface area contributed by atoms with Gasteiger partial charge in [-0.3, -0.25) is 9.78 Å². The largest absolute Gasteiger partial charge is 0.330 e. The molecule has 0 bridgehead atoms. The van der Waals surface area contributed by atoms with E-state index in [4.69, 9.17) is 11.6 Å². The predicted molar refractivity (Wildman–Crippen MR) is 122 cm³/mol. The molecule has 158 valence electrons. The third-order valence-corrected chi connectivity index (χ3v) is 5.68. The molecule has 32 heavy (non-hydrogen) atoms. The molecule has 0 saturated carbocycles. The molecule has 0 unspecified atom stereocenters. The maximum absolute atomic E-state index is 13.4. The average Bonchev–Trinajstić information content (AvgIpc) is 3.30. The van der Waals surface area contributed by atoms with E-state index in [1.165, 1.54) is 0 Å². The van der Waals surface area contributed by atoms with Crippen molar-refractivity contribution < 1.29 is 4.79 Å². The lowest BCUT2D eigenvalue weighted by atomic mass is 10.1. The van der Waals surface area contributed by atoms with Crippen molar-refractivity contribution in [3.63, 3.8) is 0 Å². The number of benzene rings is 2. The number of hydrogen-bond acceptors (Lipinski definition) is 5. The first-order chi connectivity index (χ1) is 15.6. The van der Waals surface area contributed by atoms with E-state index < -0.39 is 0 Å². The molecule has 8 heteroatoms. The van der Waals surface area contributed by atoms with Gasteiger partial charge in [0.15, 0.2) is 5.65 Å². The van der Waals surface area contributed by atoms with Crippen LogP contribution in [0.2, 0.25) is 5.02 Å². The van der Waals surface area contributed by atoms with Crippen molar-refractivity contribution >= 4 is 34.1 Å². The van der Waals surface area contributed by atoms with Crippen LogP contribution in [-0.4, -0.2) is 35.8 Å². The van der Waals surface area contributed by atoms with E-state index in [0.29, 0.717) is 29.3 Å². The Labute approximate surface area is 189 Å². The summed E-state index contributed by atoms with van der Waals surface area (Å²) in [4.78, 5) is 19.2. The maximum Gasteiger partial charge on any atom is 0.254 e. The van der Waals surface area contributed by atoms with E-state index in [2.05, 4.69) is 26.6 Å². The van der Waals surface area contributed by atoms with Crippen LogP contribution in [0.3, 0.4) is 0 Å². The molecule has 3 aromatic heterocycles. The lowest BCUT2D eigenvalue weighted by Crippen LogP contribution is -2.30. The molecule has 0 spiro atoms. The third kappa shape index (κ3) is 3.78. The average molecular weight is 443 g/mol. The summed E-state index contributed by atoms with van der Waals surface area (Å²) in [7, 11) is 0. The van der Waals surface area contributed by atoms with E-state index in [0.717, 1.165) is 27.6 Å². The topological polar surface area (TPSA) is 76.3 Å². The molecule has 0 aliphatic heterocycles. The zero-order valence-electron chi connectivity index (χ0n) is 17.3. The number of halogens is 1. The fourth-order valence-corrected chi connectivity index (χ4v) is 4.01. The standard InChI is InChI=1S/C24H19ClN6O/c1-16-3-2-4-19-13-20(23-27-28-29-31(23)22(16)19)15-30(14-17-5-7-21(25)8-6-17)24(32)18-9-11-26-12-10-18/h2-13H,14-15H2,1H3. The van der Waals surface area contributed by atoms with Gasteiger partial charge in [-0.2, -0.15) is 4.52 Å². The van der Waals surface area contributed by atoms with Gasteiger partial charge in [0.25, 0.3) is 5.91 Å². The highest BCUT2D eigenvalue weighted by atomic mass is 35.5. The van der Waals surface area contributed by atoms with Gasteiger partial charge >= 0.3 is 0 Å². The summed E-state index contributed by atoms with van der Waals surface area (Å²) in [6.07, 6.45) is 3.24. The Hall–Kier alpha value is -3.84. The van der Waals surface area contributed by atoms with Crippen LogP contribution < -0.4 is 0 Å². The third-order valence-electron chi connectivity index (χ3n) is 5.43. The number of aromatic nitrogens is 5. The van der Waals surface area contributed by atoms with Gasteiger partial charge in [0.1, 0.15) is 0 Å². The Morgan fingerprint density at radius 3 is 2.59 bits per heavy atom. The quantitative estimate of drug-likeness (QED) is 0.401. The van der Waals surface area contributed by atoms with Gasteiger partial charge in [-0.1, -0.05) is 41.9 Å². The number of para-hydroxylation sites is 1. The number of pyridine rings is 2. The van der Waals surface area contributed by atoms with Crippen molar-refractivity contribution in [1.82, 2.24) is 29.9 Å². The van der Waals surface area contributed by atoms with Crippen LogP contribution in [0.5, 0.6) is 0 Å². The number of carbonyl (C=O) groups is 1. The van der Waals surface area contributed by atoms with Gasteiger partial charge in [0.2, 0.25) is 0 Å². The molecule has 0 aliphatic carbocycles. The van der Waals surface area contributed by atoms with Crippen LogP contribution in [0.4, 0.5) is 0 Å². The number of nitrogens with zero attached hydrogens (tertiary/aromatic N) is 6. The van der Waals surface area contributed by atoms with Crippen molar-refractivity contribution in [2.75, 3.05) is 0 Å². The highest BCUT2D eigenvalue weighted by Gasteiger charge is 2.20. The number of fused-ring (bicyclic) bond motifs is 3. The SMILES string of the molecule is Cc1cccc2cc(CN(Cc3ccc(Cl)cc3)C(=O)c3ccncc3)c3nnnn3c12. The second-order valence-electron chi connectivity index (χ2n) is 7.62. The van der Waals surface area contributed by atoms with E-state index >= 15 is 0 Å². The van der Waals surface area contributed by atoms with Crippen molar-refractivity contribution in [1.29, 1.82) is 0 Å². The summed E-state index contributed by atoms with van der Waals surface area (Å²) in [5, 5.41) is 14.0. The molecule has 1 amide bonds. The van der Waals surface area contributed by atoms with Crippen LogP contribution >= 0.6 is 11.6 Å². The predicted octanol–water partition coefficient (Wildman–Crippen LogP) is 4.48. The number of carbonyl (C=O) groups excluding carboxylic acids is 1. The second kappa shape index (κ2) is 8.36. The molecule has 2 aromatic carbocycles. The number of tetrazole rings is 1. The number of aryl methyl sites for hydroxylation is 1. The smallest absolute Gasteiger partial charge is 0.254 e. The van der Waals surface area contributed by atoms with E-state index in [1.54, 1.807) is 33.9 Å². The Morgan fingerprint density at radius 2 is 1.81 bits per heavy atom. The van der Waals surface area contributed by atoms with Gasteiger partial charge in [-0.15, -0.1) is 5.10 Å². The van der Waals surface area contributed by atoms with E-state index in [1.807, 2.05) is 49.4 Å². The highest BCUT2D eigenvalue weighted by Crippen LogP contribution is 2.24. The van der Waals surface area contributed by atoms with Gasteiger partial charge in [-0.25, -0.2) is 0 Å². The van der Waals surface area contributed by atoms with Crippen molar-refractivity contribution in [2.45, 2.75) is 20.0 Å². The molecule has 5 aromatic rings. The summed E-state index contributed by atoms with van der Waals surface area (Å²) in [6, 6.07) is 19.1. The molecule has 0 radical (unpaired) electrons. The Kier molecular flexibility index (Phi) is 5.25. The summed E-state index contributed by atoms with van der Waals surface area (Å²) >= 11 is 6.05. The van der Waals surface area contributed by atoms with Gasteiger partial charge in [0, 0.05) is 40.5 Å². The first kappa shape index (κ1) is 20.1. The molecule has 0 saturated heterocycles. The highest BCUT2D eigenvalue weighted by molar-refractivity contribution is 6.30. The lowest BCUT2D eigenvalue weighted by molar-refractivity contribution is 0.0730. The Balaban J connectivity index is 1.58. The first-order valence-corrected chi connectivity index (χ1v) is 10.5. The summed E-state index contributed by atoms with van der Waals surface area (Å²) in [5.74, 6) is -0.0997. The molecular weight excluding hydrogens is 424 g/mol. The van der Waals surface area contributed by atoms with E-state index in [9.17, 15) is 4.79 Å². The molecule has 0 aliphatic rings. The van der Waals surface area contributed by atoms with E-state index in [-0.39, 0.29) is 5.91 Å². The van der Waals surface area contributed by atoms with Crippen molar-refractivity contribution in [3.8, 4) is 0 Å². The van der Waals surface area contributed by atoms with Crippen molar-refractivity contribution in [2.24, 2.45) is 0 Å². The van der Waals surface area contributed by atoms with Gasteiger partial charge in [-0.05, 0) is 58.8 Å². The van der Waals surface area contributed by atoms with Crippen molar-refractivity contribution in [3.05, 3.63) is 100 Å². The van der Waals surface area contributed by atoms with Gasteiger partial charge < -0.3 is 4.90 Å². The molecule has 0 fully saturated rings. The summed E-state index contributed by atoms with van der Waals surface area (Å²) in [5.41, 5.74) is 5.09. The minimum absolute atomic E-state index is 0.0997. The van der Waals surface area contributed by atoms with Gasteiger partial charge in [0.05, 0.1) is 12.1 Å². The molecule has 5 rings (SSSR count). The Bertz CT molecular complexity index is 1420. The normalized spacial score (nSPS) is 11.2. The monoisotopic (exact) mass is 442 g/mol. The second-order valence-corrected chi connectivity index (χ2v) is 8.06. The minimum Gasteiger partial charge on any atom is -0.330 e. The maximum atomic E-state index is 13.4. The molecule has 0 atom stereocenters. The minimum atomic E-state index is -0.0997. The van der Waals surface area contributed by atoms with Crippen LogP contribution in [0, 0.1) is 6.92 Å². The van der Waals surface area contributed by atoms with Crippen LogP contribution in [-0.2, 0) is 13.1 Å². The zero-order valence-corrected chi connectivity index (χ0v) is 18.1. The molecule has 3 heterocycles. The molecular formula is C24H19ClN6O. The van der Waals surface area contributed by atoms with Crippen LogP contribution in [0.1, 0.15) is 27.0 Å². The van der Waals surface area contributed by atoms with Crippen LogP contribution in [0.25, 0.3) is 16.6 Å². The fraction of sp³-hybridized carbons (Fsp3) is 0.125. The summed E-state index contributed by atoms with van der Waals surface area (Å²) in [6.45, 7) is 2.79.